The summed E-state index contributed by atoms with van der Waals surface area (Å²) in [5.41, 5.74) is 3.10. The molecule has 1 heterocycles. The standard InChI is InChI=1S/C23H27N5O2/c1-27(2)14-11-24-22(29)19-8-5-7-18(15-19)17-25-23(30)26-20-9-6-10-21(16-20)28-12-3-4-13-28/h3-10,12-13,15-16H,11,14,17H2,1-2H3,(H,24,29)(H2,25,26,30). The fourth-order valence-corrected chi connectivity index (χ4v) is 2.93. The second kappa shape index (κ2) is 10.3. The van der Waals surface area contributed by atoms with Crippen molar-refractivity contribution in [3.63, 3.8) is 0 Å². The average Bonchev–Trinajstić information content (AvgIpc) is 3.27. The Morgan fingerprint density at radius 1 is 0.933 bits per heavy atom. The molecule has 1 aromatic heterocycles. The number of nitrogens with zero attached hydrogens (tertiary/aromatic N) is 2. The molecule has 156 valence electrons. The minimum Gasteiger partial charge on any atom is -0.351 e. The smallest absolute Gasteiger partial charge is 0.319 e. The molecule has 0 saturated carbocycles. The summed E-state index contributed by atoms with van der Waals surface area (Å²) < 4.78 is 1.97. The highest BCUT2D eigenvalue weighted by Gasteiger charge is 2.07. The molecule has 3 rings (SSSR count). The highest BCUT2D eigenvalue weighted by Crippen LogP contribution is 2.15. The number of hydrogen-bond acceptors (Lipinski definition) is 3. The molecule has 3 amide bonds. The van der Waals surface area contributed by atoms with Crippen LogP contribution in [0.15, 0.2) is 73.1 Å². The van der Waals surface area contributed by atoms with E-state index in [4.69, 9.17) is 0 Å². The summed E-state index contributed by atoms with van der Waals surface area (Å²) in [7, 11) is 3.92. The quantitative estimate of drug-likeness (QED) is 0.539. The molecular weight excluding hydrogens is 378 g/mol. The Morgan fingerprint density at radius 3 is 2.47 bits per heavy atom. The van der Waals surface area contributed by atoms with Crippen molar-refractivity contribution in [3.8, 4) is 5.69 Å². The molecule has 3 N–H and O–H groups in total. The zero-order valence-corrected chi connectivity index (χ0v) is 17.3. The van der Waals surface area contributed by atoms with Crippen molar-refractivity contribution in [2.24, 2.45) is 0 Å². The lowest BCUT2D eigenvalue weighted by Gasteiger charge is -2.12. The largest absolute Gasteiger partial charge is 0.351 e. The van der Waals surface area contributed by atoms with E-state index in [1.54, 1.807) is 12.1 Å². The molecule has 7 heteroatoms. The Balaban J connectivity index is 1.52. The molecule has 7 nitrogen and oxygen atoms in total. The second-order valence-corrected chi connectivity index (χ2v) is 7.21. The summed E-state index contributed by atoms with van der Waals surface area (Å²) in [6, 6.07) is 18.4. The highest BCUT2D eigenvalue weighted by atomic mass is 16.2. The van der Waals surface area contributed by atoms with Crippen molar-refractivity contribution in [1.29, 1.82) is 0 Å². The first-order chi connectivity index (χ1) is 14.5. The number of aromatic nitrogens is 1. The number of urea groups is 1. The predicted molar refractivity (Wildman–Crippen MR) is 119 cm³/mol. The number of rotatable bonds is 8. The maximum absolute atomic E-state index is 12.3. The number of carbonyl (C=O) groups is 2. The SMILES string of the molecule is CN(C)CCNC(=O)c1cccc(CNC(=O)Nc2cccc(-n3cccc3)c2)c1. The summed E-state index contributed by atoms with van der Waals surface area (Å²) in [5.74, 6) is -0.120. The Morgan fingerprint density at radius 2 is 1.70 bits per heavy atom. The van der Waals surface area contributed by atoms with Gasteiger partial charge in [0.15, 0.2) is 0 Å². The minimum absolute atomic E-state index is 0.120. The first-order valence-electron chi connectivity index (χ1n) is 9.81. The number of nitrogens with one attached hydrogen (secondary N) is 3. The molecule has 0 aliphatic rings. The molecule has 0 saturated heterocycles. The van der Waals surface area contributed by atoms with E-state index in [1.807, 2.05) is 84.5 Å². The van der Waals surface area contributed by atoms with Crippen LogP contribution in [-0.4, -0.2) is 48.6 Å². The van der Waals surface area contributed by atoms with E-state index in [2.05, 4.69) is 16.0 Å². The molecule has 0 radical (unpaired) electrons. The molecule has 0 atom stereocenters. The lowest BCUT2D eigenvalue weighted by atomic mass is 10.1. The average molecular weight is 406 g/mol. The van der Waals surface area contributed by atoms with Gasteiger partial charge in [0, 0.05) is 49.0 Å². The summed E-state index contributed by atoms with van der Waals surface area (Å²) in [4.78, 5) is 26.6. The van der Waals surface area contributed by atoms with E-state index in [0.29, 0.717) is 24.3 Å². The van der Waals surface area contributed by atoms with Crippen molar-refractivity contribution in [2.45, 2.75) is 6.54 Å². The van der Waals surface area contributed by atoms with Gasteiger partial charge in [0.25, 0.3) is 5.91 Å². The number of hydrogen-bond donors (Lipinski definition) is 3. The molecular formula is C23H27N5O2. The number of anilines is 1. The predicted octanol–water partition coefficient (Wildman–Crippen LogP) is 3.09. The first-order valence-corrected chi connectivity index (χ1v) is 9.81. The second-order valence-electron chi connectivity index (χ2n) is 7.21. The van der Waals surface area contributed by atoms with Crippen LogP contribution in [0.4, 0.5) is 10.5 Å². The minimum atomic E-state index is -0.305. The fourth-order valence-electron chi connectivity index (χ4n) is 2.93. The molecule has 3 aromatic rings. The first kappa shape index (κ1) is 21.1. The molecule has 0 unspecified atom stereocenters. The van der Waals surface area contributed by atoms with Crippen LogP contribution in [-0.2, 0) is 6.54 Å². The van der Waals surface area contributed by atoms with Crippen molar-refractivity contribution in [2.75, 3.05) is 32.5 Å². The third kappa shape index (κ3) is 6.22. The molecule has 30 heavy (non-hydrogen) atoms. The van der Waals surface area contributed by atoms with Gasteiger partial charge in [-0.15, -0.1) is 0 Å². The molecule has 0 bridgehead atoms. The third-order valence-electron chi connectivity index (χ3n) is 4.49. The lowest BCUT2D eigenvalue weighted by molar-refractivity contribution is 0.0951. The van der Waals surface area contributed by atoms with Gasteiger partial charge < -0.3 is 25.4 Å². The topological polar surface area (TPSA) is 78.4 Å². The zero-order chi connectivity index (χ0) is 21.3. The highest BCUT2D eigenvalue weighted by molar-refractivity contribution is 5.94. The number of benzene rings is 2. The van der Waals surface area contributed by atoms with Gasteiger partial charge in [-0.2, -0.15) is 0 Å². The number of amides is 3. The normalized spacial score (nSPS) is 10.6. The Labute approximate surface area is 176 Å². The number of likely N-dealkylation sites (N-methyl/N-ethyl adjacent to an activating group) is 1. The van der Waals surface area contributed by atoms with E-state index in [-0.39, 0.29) is 11.9 Å². The zero-order valence-electron chi connectivity index (χ0n) is 17.3. The maximum atomic E-state index is 12.3. The molecule has 0 aliphatic carbocycles. The van der Waals surface area contributed by atoms with Gasteiger partial charge >= 0.3 is 6.03 Å². The molecule has 0 spiro atoms. The summed E-state index contributed by atoms with van der Waals surface area (Å²) in [6.45, 7) is 1.68. The van der Waals surface area contributed by atoms with E-state index >= 15 is 0 Å². The summed E-state index contributed by atoms with van der Waals surface area (Å²) in [6.07, 6.45) is 3.89. The van der Waals surface area contributed by atoms with Gasteiger partial charge in [-0.1, -0.05) is 18.2 Å². The van der Waals surface area contributed by atoms with Gasteiger partial charge in [-0.25, -0.2) is 4.79 Å². The maximum Gasteiger partial charge on any atom is 0.319 e. The summed E-state index contributed by atoms with van der Waals surface area (Å²) in [5, 5.41) is 8.56. The van der Waals surface area contributed by atoms with Crippen LogP contribution in [0.2, 0.25) is 0 Å². The molecule has 0 aliphatic heterocycles. The van der Waals surface area contributed by atoms with Crippen molar-refractivity contribution in [1.82, 2.24) is 20.1 Å². The van der Waals surface area contributed by atoms with Crippen LogP contribution >= 0.6 is 0 Å². The lowest BCUT2D eigenvalue weighted by Crippen LogP contribution is -2.31. The summed E-state index contributed by atoms with van der Waals surface area (Å²) >= 11 is 0. The van der Waals surface area contributed by atoms with Crippen molar-refractivity contribution >= 4 is 17.6 Å². The Kier molecular flexibility index (Phi) is 7.24. The van der Waals surface area contributed by atoms with Crippen LogP contribution in [0.3, 0.4) is 0 Å². The van der Waals surface area contributed by atoms with Gasteiger partial charge in [-0.05, 0) is 62.1 Å². The van der Waals surface area contributed by atoms with E-state index < -0.39 is 0 Å². The fraction of sp³-hybridized carbons (Fsp3) is 0.217. The van der Waals surface area contributed by atoms with Crippen LogP contribution in [0.25, 0.3) is 5.69 Å². The van der Waals surface area contributed by atoms with Crippen LogP contribution in [0, 0.1) is 0 Å². The van der Waals surface area contributed by atoms with Gasteiger partial charge in [0.2, 0.25) is 0 Å². The molecule has 2 aromatic carbocycles. The van der Waals surface area contributed by atoms with Gasteiger partial charge in [0.1, 0.15) is 0 Å². The number of carbonyl (C=O) groups excluding carboxylic acids is 2. The Hall–Kier alpha value is -3.58. The van der Waals surface area contributed by atoms with Crippen LogP contribution in [0.5, 0.6) is 0 Å². The Bertz CT molecular complexity index is 983. The van der Waals surface area contributed by atoms with Gasteiger partial charge in [0.05, 0.1) is 0 Å². The van der Waals surface area contributed by atoms with E-state index in [1.165, 1.54) is 0 Å². The van der Waals surface area contributed by atoms with Crippen LogP contribution in [0.1, 0.15) is 15.9 Å². The van der Waals surface area contributed by atoms with Gasteiger partial charge in [-0.3, -0.25) is 4.79 Å². The van der Waals surface area contributed by atoms with Crippen LogP contribution < -0.4 is 16.0 Å². The molecule has 0 fully saturated rings. The van der Waals surface area contributed by atoms with Crippen molar-refractivity contribution < 1.29 is 9.59 Å². The van der Waals surface area contributed by atoms with E-state index in [0.717, 1.165) is 17.8 Å². The van der Waals surface area contributed by atoms with Crippen molar-refractivity contribution in [3.05, 3.63) is 84.2 Å². The van der Waals surface area contributed by atoms with E-state index in [9.17, 15) is 9.59 Å². The monoisotopic (exact) mass is 405 g/mol. The third-order valence-corrected chi connectivity index (χ3v) is 4.49.